The van der Waals surface area contributed by atoms with Gasteiger partial charge in [0.1, 0.15) is 35.6 Å². The van der Waals surface area contributed by atoms with Crippen molar-refractivity contribution in [1.29, 1.82) is 0 Å². The number of nitrogens with one attached hydrogen (secondary N) is 1. The van der Waals surface area contributed by atoms with Crippen LogP contribution in [0.4, 0.5) is 0 Å². The summed E-state index contributed by atoms with van der Waals surface area (Å²) >= 11 is 0. The predicted molar refractivity (Wildman–Crippen MR) is 144 cm³/mol. The number of ether oxygens (including phenoxy) is 3. The molecule has 1 aliphatic heterocycles. The third-order valence-corrected chi connectivity index (χ3v) is 8.44. The maximum Gasteiger partial charge on any atom is 0.266 e. The highest BCUT2D eigenvalue weighted by Gasteiger charge is 2.40. The van der Waals surface area contributed by atoms with Crippen molar-refractivity contribution in [3.8, 4) is 23.0 Å². The van der Waals surface area contributed by atoms with Gasteiger partial charge in [-0.05, 0) is 78.2 Å². The first-order valence-electron chi connectivity index (χ1n) is 12.5. The van der Waals surface area contributed by atoms with Crippen LogP contribution >= 0.6 is 0 Å². The lowest BCUT2D eigenvalue weighted by molar-refractivity contribution is -0.133. The number of fused-ring (bicyclic) bond motifs is 1. The number of aromatic nitrogens is 2. The van der Waals surface area contributed by atoms with E-state index in [1.54, 1.807) is 79.7 Å². The molecule has 1 aromatic heterocycles. The van der Waals surface area contributed by atoms with E-state index >= 15 is 0 Å². The Labute approximate surface area is 231 Å². The second-order valence-corrected chi connectivity index (χ2v) is 10.9. The van der Waals surface area contributed by atoms with Gasteiger partial charge in [-0.15, -0.1) is 0 Å². The molecule has 208 valence electrons. The topological polar surface area (TPSA) is 132 Å². The molecule has 4 aromatic rings. The molecular weight excluding hydrogens is 536 g/mol. The van der Waals surface area contributed by atoms with E-state index in [0.29, 0.717) is 48.1 Å². The Morgan fingerprint density at radius 1 is 1.02 bits per heavy atom. The first-order valence-corrected chi connectivity index (χ1v) is 13.9. The Morgan fingerprint density at radius 3 is 2.35 bits per heavy atom. The summed E-state index contributed by atoms with van der Waals surface area (Å²) in [4.78, 5) is 16.8. The normalized spacial score (nSPS) is 15.2. The largest absolute Gasteiger partial charge is 0.497 e. The Balaban J connectivity index is 1.33. The maximum atomic E-state index is 13.7. The minimum Gasteiger partial charge on any atom is -0.497 e. The van der Waals surface area contributed by atoms with Crippen LogP contribution in [0.15, 0.2) is 90.3 Å². The van der Waals surface area contributed by atoms with E-state index in [4.69, 9.17) is 14.2 Å². The number of carbonyl (C=O) groups is 1. The lowest BCUT2D eigenvalue weighted by atomic mass is 9.93. The number of carbonyl (C=O) groups excluding carboxylic acids is 1. The molecule has 40 heavy (non-hydrogen) atoms. The van der Waals surface area contributed by atoms with Crippen LogP contribution < -0.4 is 19.7 Å². The van der Waals surface area contributed by atoms with E-state index < -0.39 is 22.0 Å². The molecule has 12 heteroatoms. The van der Waals surface area contributed by atoms with Crippen molar-refractivity contribution in [2.24, 2.45) is 0 Å². The van der Waals surface area contributed by atoms with E-state index in [-0.39, 0.29) is 11.4 Å². The van der Waals surface area contributed by atoms with Crippen LogP contribution in [0.5, 0.6) is 23.0 Å². The summed E-state index contributed by atoms with van der Waals surface area (Å²) in [5.74, 6) is 1.45. The van der Waals surface area contributed by atoms with Gasteiger partial charge in [0, 0.05) is 18.9 Å². The van der Waals surface area contributed by atoms with Gasteiger partial charge in [0.2, 0.25) is 10.0 Å². The molecule has 1 amide bonds. The van der Waals surface area contributed by atoms with Crippen LogP contribution in [0, 0.1) is 0 Å². The van der Waals surface area contributed by atoms with E-state index in [1.165, 1.54) is 12.1 Å². The monoisotopic (exact) mass is 564 g/mol. The molecule has 1 aliphatic rings. The molecule has 0 fully saturated rings. The Morgan fingerprint density at radius 2 is 1.70 bits per heavy atom. The second-order valence-electron chi connectivity index (χ2n) is 9.00. The molecule has 0 radical (unpaired) electrons. The van der Waals surface area contributed by atoms with Gasteiger partial charge in [-0.1, -0.05) is 6.07 Å². The smallest absolute Gasteiger partial charge is 0.266 e. The summed E-state index contributed by atoms with van der Waals surface area (Å²) in [7, 11) is -2.54. The van der Waals surface area contributed by atoms with Gasteiger partial charge in [-0.25, -0.2) is 18.9 Å². The molecule has 2 N–H and O–H groups in total. The molecule has 11 nitrogen and oxygen atoms in total. The fraction of sp³-hybridized carbons (Fsp3) is 0.214. The molecule has 0 saturated heterocycles. The number of benzene rings is 3. The van der Waals surface area contributed by atoms with Gasteiger partial charge in [0.05, 0.1) is 24.9 Å². The number of amides is 1. The quantitative estimate of drug-likeness (QED) is 0.221. The summed E-state index contributed by atoms with van der Waals surface area (Å²) < 4.78 is 47.1. The summed E-state index contributed by atoms with van der Waals surface area (Å²) in [5, 5.41) is 9.46. The first kappa shape index (κ1) is 27.2. The summed E-state index contributed by atoms with van der Waals surface area (Å²) in [6, 6.07) is 16.8. The second kappa shape index (κ2) is 11.8. The predicted octanol–water partition coefficient (Wildman–Crippen LogP) is 3.56. The van der Waals surface area contributed by atoms with Gasteiger partial charge in [-0.2, -0.15) is 4.31 Å². The van der Waals surface area contributed by atoms with Crippen molar-refractivity contribution in [1.82, 2.24) is 19.3 Å². The number of hydrogen-bond donors (Lipinski definition) is 2. The summed E-state index contributed by atoms with van der Waals surface area (Å²) in [5.41, 5.74) is 2.87. The molecule has 0 saturated carbocycles. The number of hydroxylamine groups is 1. The molecular formula is C28H28N4O7S. The highest BCUT2D eigenvalue weighted by molar-refractivity contribution is 7.89. The Bertz CT molecular complexity index is 1560. The lowest BCUT2D eigenvalue weighted by Gasteiger charge is -2.35. The van der Waals surface area contributed by atoms with Crippen LogP contribution in [0.2, 0.25) is 0 Å². The van der Waals surface area contributed by atoms with Gasteiger partial charge < -0.3 is 18.8 Å². The SMILES string of the molecule is COc1ccc(Oc2ccc(S(=O)(=O)N3CCc4cc(OCCn5ccnc5)ccc4C3C(=O)NO)cc2)cc1. The first-order chi connectivity index (χ1) is 19.4. The van der Waals surface area contributed by atoms with Gasteiger partial charge in [0.25, 0.3) is 5.91 Å². The fourth-order valence-electron chi connectivity index (χ4n) is 4.54. The van der Waals surface area contributed by atoms with Crippen LogP contribution in [0.1, 0.15) is 17.2 Å². The molecule has 3 aromatic carbocycles. The van der Waals surface area contributed by atoms with Gasteiger partial charge >= 0.3 is 0 Å². The average Bonchev–Trinajstić information content (AvgIpc) is 3.50. The van der Waals surface area contributed by atoms with Crippen LogP contribution in [-0.4, -0.2) is 53.6 Å². The molecule has 0 aliphatic carbocycles. The minimum absolute atomic E-state index is 0.00627. The van der Waals surface area contributed by atoms with Crippen molar-refractivity contribution in [3.05, 3.63) is 96.6 Å². The molecule has 5 rings (SSSR count). The Kier molecular flexibility index (Phi) is 8.01. The summed E-state index contributed by atoms with van der Waals surface area (Å²) in [6.07, 6.45) is 5.59. The third-order valence-electron chi connectivity index (χ3n) is 6.56. The highest BCUT2D eigenvalue weighted by atomic mass is 32.2. The van der Waals surface area contributed by atoms with E-state index in [0.717, 1.165) is 9.87 Å². The van der Waals surface area contributed by atoms with E-state index in [1.807, 2.05) is 10.8 Å². The number of imidazole rings is 1. The molecule has 1 atom stereocenters. The zero-order valence-corrected chi connectivity index (χ0v) is 22.5. The minimum atomic E-state index is -4.11. The lowest BCUT2D eigenvalue weighted by Crippen LogP contribution is -2.46. The molecule has 2 heterocycles. The molecule has 0 bridgehead atoms. The van der Waals surface area contributed by atoms with Gasteiger partial charge in [-0.3, -0.25) is 10.0 Å². The summed E-state index contributed by atoms with van der Waals surface area (Å²) in [6.45, 7) is 1.06. The third kappa shape index (κ3) is 5.78. The number of methoxy groups -OCH3 is 1. The molecule has 0 spiro atoms. The zero-order valence-electron chi connectivity index (χ0n) is 21.6. The molecule has 1 unspecified atom stereocenters. The van der Waals surface area contributed by atoms with Crippen LogP contribution in [0.3, 0.4) is 0 Å². The Hall–Kier alpha value is -4.39. The van der Waals surface area contributed by atoms with Crippen molar-refractivity contribution in [3.63, 3.8) is 0 Å². The van der Waals surface area contributed by atoms with Crippen molar-refractivity contribution in [2.45, 2.75) is 23.9 Å². The highest BCUT2D eigenvalue weighted by Crippen LogP contribution is 2.36. The number of rotatable bonds is 10. The van der Waals surface area contributed by atoms with Crippen molar-refractivity contribution in [2.75, 3.05) is 20.3 Å². The van der Waals surface area contributed by atoms with Crippen LogP contribution in [-0.2, 0) is 27.8 Å². The van der Waals surface area contributed by atoms with E-state index in [2.05, 4.69) is 4.98 Å². The maximum absolute atomic E-state index is 13.7. The van der Waals surface area contributed by atoms with Crippen LogP contribution in [0.25, 0.3) is 0 Å². The standard InChI is InChI=1S/C28H28N4O7S/c1-37-21-2-4-22(5-3-21)39-23-6-9-25(10-7-23)40(35,36)32-14-12-20-18-24(38-17-16-31-15-13-29-19-31)8-11-26(20)27(32)28(33)30-34/h2-11,13,15,18-19,27,34H,12,14,16-17H2,1H3,(H,30,33). The number of hydrogen-bond acceptors (Lipinski definition) is 8. The van der Waals surface area contributed by atoms with Crippen molar-refractivity contribution < 1.29 is 32.6 Å². The number of sulfonamides is 1. The van der Waals surface area contributed by atoms with Crippen molar-refractivity contribution >= 4 is 15.9 Å². The number of nitrogens with zero attached hydrogens (tertiary/aromatic N) is 3. The fourth-order valence-corrected chi connectivity index (χ4v) is 6.11. The zero-order chi connectivity index (χ0) is 28.1. The average molecular weight is 565 g/mol. The van der Waals surface area contributed by atoms with E-state index in [9.17, 15) is 18.4 Å². The van der Waals surface area contributed by atoms with Gasteiger partial charge in [0.15, 0.2) is 0 Å².